The van der Waals surface area contributed by atoms with E-state index < -0.39 is 0 Å². The summed E-state index contributed by atoms with van der Waals surface area (Å²) in [7, 11) is 0. The van der Waals surface area contributed by atoms with Gasteiger partial charge in [0.15, 0.2) is 0 Å². The molecule has 0 aliphatic carbocycles. The second kappa shape index (κ2) is 8.93. The summed E-state index contributed by atoms with van der Waals surface area (Å²) in [5.41, 5.74) is 0. The zero-order valence-electron chi connectivity index (χ0n) is 10.2. The monoisotopic (exact) mass is 288 g/mol. The molecule has 1 aromatic heterocycles. The smallest absolute Gasteiger partial charge is 0.305 e. The van der Waals surface area contributed by atoms with Crippen molar-refractivity contribution in [2.45, 2.75) is 24.1 Å². The lowest BCUT2D eigenvalue weighted by atomic mass is 10.3. The van der Waals surface area contributed by atoms with Crippen molar-refractivity contribution in [1.29, 1.82) is 0 Å². The fourth-order valence-electron chi connectivity index (χ4n) is 1.15. The molecule has 1 amide bonds. The van der Waals surface area contributed by atoms with Crippen molar-refractivity contribution in [3.05, 3.63) is 11.6 Å². The minimum atomic E-state index is -0.219. The molecule has 0 bridgehead atoms. The van der Waals surface area contributed by atoms with Crippen LogP contribution in [-0.2, 0) is 14.3 Å². The fraction of sp³-hybridized carbons (Fsp3) is 0.545. The summed E-state index contributed by atoms with van der Waals surface area (Å²) < 4.78 is 5.67. The highest BCUT2D eigenvalue weighted by atomic mass is 32.2. The Hall–Kier alpha value is -1.08. The Balaban J connectivity index is 2.01. The van der Waals surface area contributed by atoms with Crippen molar-refractivity contribution in [2.75, 3.05) is 18.9 Å². The van der Waals surface area contributed by atoms with Crippen LogP contribution in [0.25, 0.3) is 0 Å². The van der Waals surface area contributed by atoms with Gasteiger partial charge in [0, 0.05) is 24.5 Å². The summed E-state index contributed by atoms with van der Waals surface area (Å²) in [6.45, 7) is 2.67. The largest absolute Gasteiger partial charge is 0.466 e. The van der Waals surface area contributed by atoms with Crippen LogP contribution >= 0.6 is 23.1 Å². The Labute approximate surface area is 114 Å². The summed E-state index contributed by atoms with van der Waals surface area (Å²) >= 11 is 2.92. The summed E-state index contributed by atoms with van der Waals surface area (Å²) in [5.74, 6) is 0.0929. The van der Waals surface area contributed by atoms with Gasteiger partial charge in [-0.2, -0.15) is 0 Å². The van der Waals surface area contributed by atoms with Gasteiger partial charge in [-0.15, -0.1) is 11.3 Å². The van der Waals surface area contributed by atoms with Gasteiger partial charge in [-0.05, 0) is 13.3 Å². The lowest BCUT2D eigenvalue weighted by molar-refractivity contribution is -0.143. The van der Waals surface area contributed by atoms with E-state index in [-0.39, 0.29) is 11.9 Å². The van der Waals surface area contributed by atoms with E-state index in [9.17, 15) is 9.59 Å². The summed E-state index contributed by atoms with van der Waals surface area (Å²) in [4.78, 5) is 26.5. The van der Waals surface area contributed by atoms with Crippen molar-refractivity contribution < 1.29 is 14.3 Å². The molecule has 1 heterocycles. The Kier molecular flexibility index (Phi) is 7.43. The van der Waals surface area contributed by atoms with E-state index in [1.165, 1.54) is 23.1 Å². The molecule has 100 valence electrons. The predicted octanol–water partition coefficient (Wildman–Crippen LogP) is 1.69. The van der Waals surface area contributed by atoms with E-state index in [0.717, 1.165) is 4.34 Å². The second-order valence-electron chi connectivity index (χ2n) is 3.35. The molecular weight excluding hydrogens is 272 g/mol. The number of thioether (sulfide) groups is 1. The van der Waals surface area contributed by atoms with Gasteiger partial charge in [-0.1, -0.05) is 11.8 Å². The molecule has 0 aliphatic rings. The minimum absolute atomic E-state index is 0.0425. The first-order chi connectivity index (χ1) is 8.72. The molecule has 0 spiro atoms. The maximum atomic E-state index is 11.4. The number of amides is 1. The number of aromatic nitrogens is 1. The molecule has 1 N–H and O–H groups in total. The van der Waals surface area contributed by atoms with Crippen LogP contribution in [0.15, 0.2) is 15.9 Å². The van der Waals surface area contributed by atoms with E-state index in [0.29, 0.717) is 31.7 Å². The highest BCUT2D eigenvalue weighted by molar-refractivity contribution is 8.01. The van der Waals surface area contributed by atoms with Crippen LogP contribution < -0.4 is 5.32 Å². The van der Waals surface area contributed by atoms with Crippen LogP contribution in [0.3, 0.4) is 0 Å². The van der Waals surface area contributed by atoms with Crippen LogP contribution in [0, 0.1) is 0 Å². The highest BCUT2D eigenvalue weighted by Crippen LogP contribution is 2.19. The third-order valence-electron chi connectivity index (χ3n) is 1.92. The molecule has 0 aliphatic heterocycles. The fourth-order valence-corrected chi connectivity index (χ4v) is 2.62. The van der Waals surface area contributed by atoms with Crippen molar-refractivity contribution in [1.82, 2.24) is 10.3 Å². The van der Waals surface area contributed by atoms with Gasteiger partial charge < -0.3 is 10.1 Å². The molecule has 1 aromatic rings. The first-order valence-corrected chi connectivity index (χ1v) is 7.53. The van der Waals surface area contributed by atoms with Crippen LogP contribution in [0.2, 0.25) is 0 Å². The first-order valence-electron chi connectivity index (χ1n) is 5.67. The highest BCUT2D eigenvalue weighted by Gasteiger charge is 2.05. The summed E-state index contributed by atoms with van der Waals surface area (Å²) in [6.07, 6.45) is 2.66. The van der Waals surface area contributed by atoms with Crippen LogP contribution in [-0.4, -0.2) is 35.8 Å². The summed E-state index contributed by atoms with van der Waals surface area (Å²) in [5, 5.41) is 4.63. The molecule has 0 radical (unpaired) electrons. The first kappa shape index (κ1) is 15.0. The van der Waals surface area contributed by atoms with Crippen molar-refractivity contribution in [2.24, 2.45) is 0 Å². The van der Waals surface area contributed by atoms with E-state index in [2.05, 4.69) is 10.3 Å². The van der Waals surface area contributed by atoms with Crippen LogP contribution in [0.5, 0.6) is 0 Å². The number of carbonyl (C=O) groups is 2. The zero-order chi connectivity index (χ0) is 13.2. The third kappa shape index (κ3) is 6.61. The number of hydrogen-bond acceptors (Lipinski definition) is 6. The molecule has 0 fully saturated rings. The number of hydrogen-bond donors (Lipinski definition) is 1. The maximum Gasteiger partial charge on any atom is 0.305 e. The topological polar surface area (TPSA) is 68.3 Å². The third-order valence-corrected chi connectivity index (χ3v) is 3.89. The molecule has 0 saturated carbocycles. The van der Waals surface area contributed by atoms with Crippen LogP contribution in [0.1, 0.15) is 19.8 Å². The number of nitrogens with one attached hydrogen (secondary N) is 1. The van der Waals surface area contributed by atoms with Crippen molar-refractivity contribution in [3.8, 4) is 0 Å². The molecule has 1 rings (SSSR count). The lowest BCUT2D eigenvalue weighted by Crippen LogP contribution is -2.26. The average molecular weight is 288 g/mol. The molecule has 7 heteroatoms. The number of thiazole rings is 1. The number of carbonyl (C=O) groups excluding carboxylic acids is 2. The number of nitrogens with zero attached hydrogens (tertiary/aromatic N) is 1. The average Bonchev–Trinajstić information content (AvgIpc) is 2.85. The number of rotatable bonds is 8. The summed E-state index contributed by atoms with van der Waals surface area (Å²) in [6, 6.07) is 0. The lowest BCUT2D eigenvalue weighted by Gasteiger charge is -2.04. The van der Waals surface area contributed by atoms with Gasteiger partial charge in [0.25, 0.3) is 0 Å². The van der Waals surface area contributed by atoms with E-state index in [4.69, 9.17) is 4.74 Å². The quantitative estimate of drug-likeness (QED) is 0.448. The molecule has 18 heavy (non-hydrogen) atoms. The number of ether oxygens (including phenoxy) is 1. The minimum Gasteiger partial charge on any atom is -0.466 e. The van der Waals surface area contributed by atoms with E-state index in [1.807, 2.05) is 5.38 Å². The maximum absolute atomic E-state index is 11.4. The Bertz CT molecular complexity index is 368. The molecular formula is C11H16N2O3S2. The molecule has 0 saturated heterocycles. The number of esters is 1. The zero-order valence-corrected chi connectivity index (χ0v) is 11.8. The van der Waals surface area contributed by atoms with E-state index in [1.54, 1.807) is 13.1 Å². The van der Waals surface area contributed by atoms with Gasteiger partial charge in [-0.3, -0.25) is 9.59 Å². The second-order valence-corrected chi connectivity index (χ2v) is 5.46. The van der Waals surface area contributed by atoms with Crippen LogP contribution in [0.4, 0.5) is 0 Å². The predicted molar refractivity (Wildman–Crippen MR) is 71.7 cm³/mol. The molecule has 0 unspecified atom stereocenters. The van der Waals surface area contributed by atoms with Gasteiger partial charge in [0.2, 0.25) is 5.91 Å². The Morgan fingerprint density at radius 3 is 3.06 bits per heavy atom. The molecule has 5 nitrogen and oxygen atoms in total. The SMILES string of the molecule is CCOC(=O)CCCNC(=O)CSc1nccs1. The molecule has 0 atom stereocenters. The van der Waals surface area contributed by atoms with E-state index >= 15 is 0 Å². The van der Waals surface area contributed by atoms with Gasteiger partial charge in [0.1, 0.15) is 4.34 Å². The van der Waals surface area contributed by atoms with Crippen molar-refractivity contribution >= 4 is 35.0 Å². The van der Waals surface area contributed by atoms with Gasteiger partial charge >= 0.3 is 5.97 Å². The standard InChI is InChI=1S/C11H16N2O3S2/c1-2-16-10(15)4-3-5-12-9(14)8-18-11-13-6-7-17-11/h6-7H,2-5,8H2,1H3,(H,12,14). The molecule has 0 aromatic carbocycles. The van der Waals surface area contributed by atoms with Gasteiger partial charge in [-0.25, -0.2) is 4.98 Å². The normalized spacial score (nSPS) is 10.1. The van der Waals surface area contributed by atoms with Gasteiger partial charge in [0.05, 0.1) is 12.4 Å². The van der Waals surface area contributed by atoms with Crippen molar-refractivity contribution in [3.63, 3.8) is 0 Å². The Morgan fingerprint density at radius 1 is 1.56 bits per heavy atom. The Morgan fingerprint density at radius 2 is 2.39 bits per heavy atom.